The SMILES string of the molecule is C=c1cc(C)n(CC(=O)Nc2ccc3c(c2)OCCO3)c(=O)c1=C1N=C(c2ccc(Cl)cc2)NO1. The number of fused-ring (bicyclic) bond motifs is 1. The Morgan fingerprint density at radius 3 is 2.66 bits per heavy atom. The molecular formula is C25H21ClN4O5. The molecule has 2 aliphatic rings. The summed E-state index contributed by atoms with van der Waals surface area (Å²) in [5, 5.41) is 3.99. The van der Waals surface area contributed by atoms with Crippen LogP contribution in [0.1, 0.15) is 11.3 Å². The van der Waals surface area contributed by atoms with Gasteiger partial charge in [-0.2, -0.15) is 4.99 Å². The monoisotopic (exact) mass is 492 g/mol. The molecule has 0 radical (unpaired) electrons. The number of amidine groups is 1. The normalized spacial score (nSPS) is 15.7. The molecule has 0 saturated heterocycles. The van der Waals surface area contributed by atoms with Crippen molar-refractivity contribution in [1.29, 1.82) is 0 Å². The summed E-state index contributed by atoms with van der Waals surface area (Å²) in [6.45, 7) is 6.42. The Balaban J connectivity index is 1.44. The zero-order valence-corrected chi connectivity index (χ0v) is 19.5. The van der Waals surface area contributed by atoms with Gasteiger partial charge in [-0.15, -0.1) is 0 Å². The van der Waals surface area contributed by atoms with E-state index in [-0.39, 0.29) is 23.6 Å². The molecular weight excluding hydrogens is 472 g/mol. The second kappa shape index (κ2) is 9.19. The fraction of sp³-hybridized carbons (Fsp3) is 0.160. The Hall–Kier alpha value is -4.24. The summed E-state index contributed by atoms with van der Waals surface area (Å²) in [6, 6.07) is 13.9. The maximum Gasteiger partial charge on any atom is 0.264 e. The molecule has 2 aliphatic heterocycles. The van der Waals surface area contributed by atoms with Gasteiger partial charge in [0.2, 0.25) is 5.91 Å². The van der Waals surface area contributed by atoms with Gasteiger partial charge in [-0.05, 0) is 54.6 Å². The van der Waals surface area contributed by atoms with Gasteiger partial charge in [0.1, 0.15) is 25.0 Å². The molecule has 0 bridgehead atoms. The quantitative estimate of drug-likeness (QED) is 0.574. The van der Waals surface area contributed by atoms with Gasteiger partial charge in [0, 0.05) is 28.0 Å². The second-order valence-corrected chi connectivity index (χ2v) is 8.40. The van der Waals surface area contributed by atoms with Crippen LogP contribution >= 0.6 is 11.6 Å². The molecule has 9 nitrogen and oxygen atoms in total. The van der Waals surface area contributed by atoms with E-state index in [9.17, 15) is 9.59 Å². The number of rotatable bonds is 4. The summed E-state index contributed by atoms with van der Waals surface area (Å²) in [6.07, 6.45) is 0. The van der Waals surface area contributed by atoms with E-state index in [1.165, 1.54) is 4.57 Å². The third kappa shape index (κ3) is 4.58. The van der Waals surface area contributed by atoms with Crippen molar-refractivity contribution in [2.75, 3.05) is 18.5 Å². The van der Waals surface area contributed by atoms with Gasteiger partial charge < -0.3 is 24.2 Å². The summed E-state index contributed by atoms with van der Waals surface area (Å²) in [4.78, 5) is 36.1. The van der Waals surface area contributed by atoms with Crippen molar-refractivity contribution in [3.05, 3.63) is 85.6 Å². The molecule has 2 aromatic carbocycles. The van der Waals surface area contributed by atoms with Crippen molar-refractivity contribution in [3.8, 4) is 11.5 Å². The van der Waals surface area contributed by atoms with Crippen LogP contribution in [0.2, 0.25) is 5.02 Å². The lowest BCUT2D eigenvalue weighted by Gasteiger charge is -2.19. The minimum Gasteiger partial charge on any atom is -0.486 e. The van der Waals surface area contributed by atoms with Crippen molar-refractivity contribution in [2.45, 2.75) is 13.5 Å². The molecule has 1 amide bonds. The number of amides is 1. The third-order valence-corrected chi connectivity index (χ3v) is 5.76. The number of aromatic nitrogens is 1. The van der Waals surface area contributed by atoms with Crippen LogP contribution in [0, 0.1) is 6.92 Å². The topological polar surface area (TPSA) is 103 Å². The van der Waals surface area contributed by atoms with Crippen LogP contribution in [0.25, 0.3) is 12.5 Å². The van der Waals surface area contributed by atoms with Crippen molar-refractivity contribution >= 4 is 41.5 Å². The van der Waals surface area contributed by atoms with E-state index in [0.717, 1.165) is 5.56 Å². The molecule has 3 heterocycles. The van der Waals surface area contributed by atoms with E-state index in [1.807, 2.05) is 0 Å². The van der Waals surface area contributed by atoms with Gasteiger partial charge in [0.05, 0.1) is 0 Å². The Morgan fingerprint density at radius 1 is 1.14 bits per heavy atom. The highest BCUT2D eigenvalue weighted by Crippen LogP contribution is 2.32. The lowest BCUT2D eigenvalue weighted by atomic mass is 10.2. The Kier molecular flexibility index (Phi) is 5.92. The number of benzene rings is 2. The van der Waals surface area contributed by atoms with Crippen LogP contribution in [-0.4, -0.2) is 29.5 Å². The van der Waals surface area contributed by atoms with Crippen LogP contribution in [0.4, 0.5) is 5.69 Å². The predicted molar refractivity (Wildman–Crippen MR) is 132 cm³/mol. The van der Waals surface area contributed by atoms with Crippen LogP contribution in [0.5, 0.6) is 11.5 Å². The molecule has 2 N–H and O–H groups in total. The molecule has 35 heavy (non-hydrogen) atoms. The number of aliphatic imine (C=N–C) groups is 1. The number of hydrogen-bond donors (Lipinski definition) is 2. The molecule has 0 fully saturated rings. The van der Waals surface area contributed by atoms with E-state index in [1.54, 1.807) is 55.5 Å². The van der Waals surface area contributed by atoms with Gasteiger partial charge in [0.15, 0.2) is 17.3 Å². The van der Waals surface area contributed by atoms with Crippen LogP contribution in [0.15, 0.2) is 58.3 Å². The van der Waals surface area contributed by atoms with Crippen LogP contribution in [-0.2, 0) is 16.2 Å². The highest BCUT2D eigenvalue weighted by Gasteiger charge is 2.19. The lowest BCUT2D eigenvalue weighted by molar-refractivity contribution is -0.116. The molecule has 10 heteroatoms. The molecule has 3 aromatic rings. The van der Waals surface area contributed by atoms with E-state index in [0.29, 0.717) is 52.2 Å². The average molecular weight is 493 g/mol. The first-order chi connectivity index (χ1) is 16.9. The zero-order chi connectivity index (χ0) is 24.5. The van der Waals surface area contributed by atoms with Gasteiger partial charge >= 0.3 is 0 Å². The molecule has 5 rings (SSSR count). The van der Waals surface area contributed by atoms with Gasteiger partial charge in [0.25, 0.3) is 11.4 Å². The third-order valence-electron chi connectivity index (χ3n) is 5.51. The number of nitrogens with zero attached hydrogens (tertiary/aromatic N) is 2. The van der Waals surface area contributed by atoms with E-state index >= 15 is 0 Å². The first-order valence-corrected chi connectivity index (χ1v) is 11.2. The van der Waals surface area contributed by atoms with Crippen molar-refractivity contribution < 1.29 is 19.1 Å². The number of pyridine rings is 1. The maximum absolute atomic E-state index is 13.4. The maximum atomic E-state index is 13.4. The summed E-state index contributed by atoms with van der Waals surface area (Å²) in [5.74, 6) is 1.31. The van der Waals surface area contributed by atoms with E-state index in [4.69, 9.17) is 25.9 Å². The number of aryl methyl sites for hydroxylation is 1. The highest BCUT2D eigenvalue weighted by atomic mass is 35.5. The fourth-order valence-corrected chi connectivity index (χ4v) is 3.93. The number of carbonyl (C=O) groups excluding carboxylic acids is 1. The number of halogens is 1. The second-order valence-electron chi connectivity index (χ2n) is 7.96. The fourth-order valence-electron chi connectivity index (χ4n) is 3.81. The summed E-state index contributed by atoms with van der Waals surface area (Å²) in [5.41, 5.74) is 4.13. The van der Waals surface area contributed by atoms with Crippen molar-refractivity contribution in [3.63, 3.8) is 0 Å². The van der Waals surface area contributed by atoms with E-state index in [2.05, 4.69) is 22.4 Å². The standard InChI is InChI=1S/C25H21ClN4O5/c1-14-11-15(2)30(13-21(31)27-18-7-8-19-20(12-18)34-10-9-33-19)25(32)22(14)24-28-23(29-35-24)16-3-5-17(26)6-4-16/h3-8,11-12H,1,9-10,13H2,2H3,(H,27,31)(H,28,29). The van der Waals surface area contributed by atoms with E-state index < -0.39 is 5.56 Å². The smallest absolute Gasteiger partial charge is 0.264 e. The Labute approximate surface area is 204 Å². The van der Waals surface area contributed by atoms with Crippen molar-refractivity contribution in [1.82, 2.24) is 10.0 Å². The van der Waals surface area contributed by atoms with Crippen molar-refractivity contribution in [2.24, 2.45) is 4.99 Å². The van der Waals surface area contributed by atoms with Gasteiger partial charge in [-0.3, -0.25) is 9.59 Å². The molecule has 0 atom stereocenters. The minimum atomic E-state index is -0.440. The lowest BCUT2D eigenvalue weighted by Crippen LogP contribution is -2.47. The number of hydrogen-bond acceptors (Lipinski definition) is 7. The number of carbonyl (C=O) groups is 1. The Morgan fingerprint density at radius 2 is 1.89 bits per heavy atom. The number of ether oxygens (including phenoxy) is 2. The number of anilines is 1. The Bertz CT molecular complexity index is 1530. The molecule has 0 saturated carbocycles. The summed E-state index contributed by atoms with van der Waals surface area (Å²) >= 11 is 5.95. The largest absolute Gasteiger partial charge is 0.486 e. The first-order valence-electron chi connectivity index (χ1n) is 10.8. The van der Waals surface area contributed by atoms with Gasteiger partial charge in [-0.25, -0.2) is 5.48 Å². The number of nitrogens with one attached hydrogen (secondary N) is 2. The molecule has 0 unspecified atom stereocenters. The average Bonchev–Trinajstić information content (AvgIpc) is 3.31. The molecule has 0 aliphatic carbocycles. The number of hydroxylamine groups is 1. The molecule has 0 spiro atoms. The zero-order valence-electron chi connectivity index (χ0n) is 18.8. The molecule has 1 aromatic heterocycles. The van der Waals surface area contributed by atoms with Crippen LogP contribution in [0.3, 0.4) is 0 Å². The summed E-state index contributed by atoms with van der Waals surface area (Å²) in [7, 11) is 0. The minimum absolute atomic E-state index is 0.0749. The summed E-state index contributed by atoms with van der Waals surface area (Å²) < 4.78 is 12.4. The molecule has 178 valence electrons. The first kappa shape index (κ1) is 22.5. The van der Waals surface area contributed by atoms with Gasteiger partial charge in [-0.1, -0.05) is 18.2 Å². The van der Waals surface area contributed by atoms with Crippen LogP contribution < -0.4 is 36.3 Å². The predicted octanol–water partition coefficient (Wildman–Crippen LogP) is 1.68. The highest BCUT2D eigenvalue weighted by molar-refractivity contribution is 6.30.